The van der Waals surface area contributed by atoms with Crippen LogP contribution in [0.3, 0.4) is 0 Å². The number of halogens is 1. The lowest BCUT2D eigenvalue weighted by atomic mass is 10.1. The van der Waals surface area contributed by atoms with Gasteiger partial charge >= 0.3 is 0 Å². The number of nitrogens with one attached hydrogen (secondary N) is 1. The van der Waals surface area contributed by atoms with Gasteiger partial charge in [-0.15, -0.1) is 0 Å². The quantitative estimate of drug-likeness (QED) is 0.875. The second kappa shape index (κ2) is 6.42. The molecule has 0 aliphatic rings. The Morgan fingerprint density at radius 2 is 2.16 bits per heavy atom. The average molecular weight is 281 g/mol. The Morgan fingerprint density at radius 3 is 2.79 bits per heavy atom. The molecule has 3 nitrogen and oxygen atoms in total. The maximum Gasteiger partial charge on any atom is 0.152 e. The van der Waals surface area contributed by atoms with Gasteiger partial charge in [0.1, 0.15) is 5.76 Å². The molecule has 0 saturated carbocycles. The van der Waals surface area contributed by atoms with Gasteiger partial charge in [-0.1, -0.05) is 30.7 Å². The van der Waals surface area contributed by atoms with Crippen LogP contribution in [0.2, 0.25) is 5.02 Å². The summed E-state index contributed by atoms with van der Waals surface area (Å²) in [6.07, 6.45) is 1.01. The number of hydrogen-bond acceptors (Lipinski definition) is 3. The monoisotopic (exact) mass is 280 g/mol. The number of para-hydroxylation sites is 1. The zero-order valence-electron chi connectivity index (χ0n) is 11.7. The van der Waals surface area contributed by atoms with E-state index >= 15 is 0 Å². The fourth-order valence-corrected chi connectivity index (χ4v) is 2.42. The smallest absolute Gasteiger partial charge is 0.152 e. The molecule has 4 heteroatoms. The number of furan rings is 1. The van der Waals surface area contributed by atoms with Crippen LogP contribution >= 0.6 is 11.6 Å². The maximum absolute atomic E-state index is 6.16. The summed E-state index contributed by atoms with van der Waals surface area (Å²) in [6.45, 7) is 4.05. The van der Waals surface area contributed by atoms with E-state index in [2.05, 4.69) is 37.3 Å². The van der Waals surface area contributed by atoms with Crippen LogP contribution in [-0.2, 0) is 0 Å². The molecule has 0 bridgehead atoms. The Hall–Kier alpha value is -1.03. The molecule has 0 saturated heterocycles. The summed E-state index contributed by atoms with van der Waals surface area (Å²) in [6, 6.07) is 8.16. The molecule has 1 heterocycles. The van der Waals surface area contributed by atoms with E-state index in [0.717, 1.165) is 36.2 Å². The average Bonchev–Trinajstić information content (AvgIpc) is 2.79. The van der Waals surface area contributed by atoms with Crippen molar-refractivity contribution in [3.05, 3.63) is 35.0 Å². The number of nitrogens with zero attached hydrogens (tertiary/aromatic N) is 1. The van der Waals surface area contributed by atoms with Crippen molar-refractivity contribution >= 4 is 22.6 Å². The minimum absolute atomic E-state index is 0.232. The van der Waals surface area contributed by atoms with Crippen molar-refractivity contribution in [1.82, 2.24) is 10.2 Å². The Balaban J connectivity index is 2.25. The number of fused-ring (bicyclic) bond motifs is 1. The van der Waals surface area contributed by atoms with Gasteiger partial charge in [0, 0.05) is 5.39 Å². The first-order chi connectivity index (χ1) is 9.11. The van der Waals surface area contributed by atoms with Gasteiger partial charge in [-0.25, -0.2) is 0 Å². The largest absolute Gasteiger partial charge is 0.458 e. The van der Waals surface area contributed by atoms with E-state index in [4.69, 9.17) is 16.0 Å². The van der Waals surface area contributed by atoms with E-state index in [1.807, 2.05) is 18.2 Å². The van der Waals surface area contributed by atoms with Crippen LogP contribution in [-0.4, -0.2) is 32.1 Å². The van der Waals surface area contributed by atoms with Crippen LogP contribution in [0.4, 0.5) is 0 Å². The van der Waals surface area contributed by atoms with Crippen LogP contribution < -0.4 is 5.32 Å². The van der Waals surface area contributed by atoms with E-state index < -0.39 is 0 Å². The van der Waals surface area contributed by atoms with E-state index in [0.29, 0.717) is 5.02 Å². The molecule has 2 aromatic rings. The topological polar surface area (TPSA) is 28.4 Å². The predicted molar refractivity (Wildman–Crippen MR) is 80.8 cm³/mol. The van der Waals surface area contributed by atoms with Crippen LogP contribution in [0.25, 0.3) is 11.0 Å². The molecule has 0 radical (unpaired) electrons. The van der Waals surface area contributed by atoms with Crippen molar-refractivity contribution in [2.24, 2.45) is 0 Å². The van der Waals surface area contributed by atoms with Crippen molar-refractivity contribution in [2.45, 2.75) is 19.4 Å². The summed E-state index contributed by atoms with van der Waals surface area (Å²) in [5.41, 5.74) is 0.784. The third-order valence-corrected chi connectivity index (χ3v) is 3.47. The molecule has 0 fully saturated rings. The second-order valence-corrected chi connectivity index (χ2v) is 5.42. The first-order valence-electron chi connectivity index (χ1n) is 6.68. The van der Waals surface area contributed by atoms with Gasteiger partial charge in [0.25, 0.3) is 0 Å². The fourth-order valence-electron chi connectivity index (χ4n) is 2.20. The zero-order valence-corrected chi connectivity index (χ0v) is 12.5. The number of rotatable bonds is 6. The minimum atomic E-state index is 0.232. The predicted octanol–water partition coefficient (Wildman–Crippen LogP) is 3.69. The normalized spacial score (nSPS) is 13.3. The standard InChI is InChI=1S/C15H21ClN2O/c1-4-17-13(8-9-18(2)3)14-10-11-6-5-7-12(16)15(11)19-14/h5-7,10,13,17H,4,8-9H2,1-3H3. The highest BCUT2D eigenvalue weighted by molar-refractivity contribution is 6.34. The molecule has 1 atom stereocenters. The van der Waals surface area contributed by atoms with Crippen molar-refractivity contribution in [3.8, 4) is 0 Å². The number of hydrogen-bond donors (Lipinski definition) is 1. The first kappa shape index (κ1) is 14.4. The molecule has 104 valence electrons. The van der Waals surface area contributed by atoms with Crippen LogP contribution in [0.15, 0.2) is 28.7 Å². The van der Waals surface area contributed by atoms with Gasteiger partial charge in [-0.3, -0.25) is 0 Å². The molecule has 1 N–H and O–H groups in total. The van der Waals surface area contributed by atoms with Gasteiger partial charge in [0.05, 0.1) is 11.1 Å². The first-order valence-corrected chi connectivity index (χ1v) is 7.05. The molecule has 1 aromatic carbocycles. The Bertz CT molecular complexity index is 536. The van der Waals surface area contributed by atoms with E-state index in [1.165, 1.54) is 0 Å². The molecule has 2 rings (SSSR count). The summed E-state index contributed by atoms with van der Waals surface area (Å²) in [4.78, 5) is 2.18. The third kappa shape index (κ3) is 3.50. The summed E-state index contributed by atoms with van der Waals surface area (Å²) in [5.74, 6) is 0.965. The van der Waals surface area contributed by atoms with E-state index in [9.17, 15) is 0 Å². The van der Waals surface area contributed by atoms with Crippen LogP contribution in [0, 0.1) is 0 Å². The Labute approximate surface area is 119 Å². The van der Waals surface area contributed by atoms with Crippen molar-refractivity contribution < 1.29 is 4.42 Å². The van der Waals surface area contributed by atoms with Crippen molar-refractivity contribution in [1.29, 1.82) is 0 Å². The molecule has 1 aromatic heterocycles. The van der Waals surface area contributed by atoms with Crippen molar-refractivity contribution in [2.75, 3.05) is 27.2 Å². The molecular weight excluding hydrogens is 260 g/mol. The van der Waals surface area contributed by atoms with Gasteiger partial charge in [0.15, 0.2) is 5.58 Å². The Morgan fingerprint density at radius 1 is 1.37 bits per heavy atom. The summed E-state index contributed by atoms with van der Waals surface area (Å²) >= 11 is 6.16. The molecule has 0 aliphatic heterocycles. The SMILES string of the molecule is CCNC(CCN(C)C)c1cc2cccc(Cl)c2o1. The van der Waals surface area contributed by atoms with Crippen LogP contribution in [0.1, 0.15) is 25.1 Å². The lowest BCUT2D eigenvalue weighted by Crippen LogP contribution is -2.25. The zero-order chi connectivity index (χ0) is 13.8. The maximum atomic E-state index is 6.16. The van der Waals surface area contributed by atoms with Gasteiger partial charge < -0.3 is 14.6 Å². The molecule has 19 heavy (non-hydrogen) atoms. The molecular formula is C15H21ClN2O. The highest BCUT2D eigenvalue weighted by atomic mass is 35.5. The lowest BCUT2D eigenvalue weighted by Gasteiger charge is -2.18. The summed E-state index contributed by atoms with van der Waals surface area (Å²) < 4.78 is 5.93. The highest BCUT2D eigenvalue weighted by Gasteiger charge is 2.16. The van der Waals surface area contributed by atoms with Crippen molar-refractivity contribution in [3.63, 3.8) is 0 Å². The molecule has 1 unspecified atom stereocenters. The molecule has 0 amide bonds. The van der Waals surface area contributed by atoms with E-state index in [1.54, 1.807) is 0 Å². The fraction of sp³-hybridized carbons (Fsp3) is 0.467. The third-order valence-electron chi connectivity index (χ3n) is 3.17. The molecule has 0 spiro atoms. The highest BCUT2D eigenvalue weighted by Crippen LogP contribution is 2.30. The second-order valence-electron chi connectivity index (χ2n) is 5.01. The van der Waals surface area contributed by atoms with Gasteiger partial charge in [-0.2, -0.15) is 0 Å². The van der Waals surface area contributed by atoms with Gasteiger partial charge in [-0.05, 0) is 45.7 Å². The summed E-state index contributed by atoms with van der Waals surface area (Å²) in [5, 5.41) is 5.21. The molecule has 0 aliphatic carbocycles. The van der Waals surface area contributed by atoms with E-state index in [-0.39, 0.29) is 6.04 Å². The van der Waals surface area contributed by atoms with Crippen LogP contribution in [0.5, 0.6) is 0 Å². The lowest BCUT2D eigenvalue weighted by molar-refractivity contribution is 0.340. The summed E-state index contributed by atoms with van der Waals surface area (Å²) in [7, 11) is 4.16. The minimum Gasteiger partial charge on any atom is -0.458 e. The Kier molecular flexibility index (Phi) is 4.86. The van der Waals surface area contributed by atoms with Gasteiger partial charge in [0.2, 0.25) is 0 Å². The number of benzene rings is 1.